The van der Waals surface area contributed by atoms with Crippen molar-refractivity contribution in [2.45, 2.75) is 0 Å². The van der Waals surface area contributed by atoms with Gasteiger partial charge in [-0.1, -0.05) is 36.4 Å². The smallest absolute Gasteiger partial charge is 0.488 e. The molecule has 29 heavy (non-hydrogen) atoms. The number of nitrogens with zero attached hydrogens (tertiary/aromatic N) is 2. The average molecular weight is 398 g/mol. The summed E-state index contributed by atoms with van der Waals surface area (Å²) in [6, 6.07) is 13.0. The molecule has 2 aromatic carbocycles. The minimum Gasteiger partial charge on any atom is -0.492 e. The van der Waals surface area contributed by atoms with E-state index < -0.39 is 7.12 Å². The van der Waals surface area contributed by atoms with Crippen LogP contribution in [-0.4, -0.2) is 81.5 Å². The first-order valence-corrected chi connectivity index (χ1v) is 9.68. The number of likely N-dealkylation sites (N-methyl/N-ethyl adjacent to an activating group) is 2. The summed E-state index contributed by atoms with van der Waals surface area (Å²) < 4.78 is 11.8. The first kappa shape index (κ1) is 23.0. The highest BCUT2D eigenvalue weighted by Crippen LogP contribution is 2.24. The lowest BCUT2D eigenvalue weighted by molar-refractivity contribution is 0.251. The van der Waals surface area contributed by atoms with Crippen molar-refractivity contribution in [1.82, 2.24) is 9.80 Å². The van der Waals surface area contributed by atoms with E-state index in [1.807, 2.05) is 70.7 Å². The fourth-order valence-electron chi connectivity index (χ4n) is 2.52. The van der Waals surface area contributed by atoms with Crippen LogP contribution < -0.4 is 14.9 Å². The Morgan fingerprint density at radius 3 is 1.69 bits per heavy atom. The van der Waals surface area contributed by atoms with E-state index in [1.54, 1.807) is 12.1 Å². The van der Waals surface area contributed by atoms with Gasteiger partial charge in [-0.2, -0.15) is 0 Å². The molecule has 0 unspecified atom stereocenters. The van der Waals surface area contributed by atoms with E-state index in [0.717, 1.165) is 35.7 Å². The van der Waals surface area contributed by atoms with E-state index in [2.05, 4.69) is 9.80 Å². The van der Waals surface area contributed by atoms with Gasteiger partial charge in [0, 0.05) is 19.2 Å². The van der Waals surface area contributed by atoms with E-state index in [9.17, 15) is 10.0 Å². The van der Waals surface area contributed by atoms with E-state index in [4.69, 9.17) is 9.47 Å². The van der Waals surface area contributed by atoms with Gasteiger partial charge in [-0.05, 0) is 56.9 Å². The fourth-order valence-corrected chi connectivity index (χ4v) is 2.52. The van der Waals surface area contributed by atoms with E-state index in [0.29, 0.717) is 18.7 Å². The molecule has 156 valence electrons. The van der Waals surface area contributed by atoms with Crippen molar-refractivity contribution in [3.63, 3.8) is 0 Å². The molecule has 6 nitrogen and oxygen atoms in total. The summed E-state index contributed by atoms with van der Waals surface area (Å²) in [5.41, 5.74) is 2.40. The molecule has 2 aromatic rings. The number of hydrogen-bond donors (Lipinski definition) is 2. The highest BCUT2D eigenvalue weighted by molar-refractivity contribution is 6.58. The monoisotopic (exact) mass is 398 g/mol. The predicted molar refractivity (Wildman–Crippen MR) is 120 cm³/mol. The maximum absolute atomic E-state index is 9.20. The van der Waals surface area contributed by atoms with E-state index in [1.165, 1.54) is 0 Å². The second kappa shape index (κ2) is 11.6. The highest BCUT2D eigenvalue weighted by Gasteiger charge is 2.09. The summed E-state index contributed by atoms with van der Waals surface area (Å²) >= 11 is 0. The molecule has 0 saturated heterocycles. The molecule has 0 heterocycles. The molecule has 0 atom stereocenters. The molecule has 0 aliphatic heterocycles. The van der Waals surface area contributed by atoms with Crippen molar-refractivity contribution in [2.75, 3.05) is 54.5 Å². The van der Waals surface area contributed by atoms with Crippen LogP contribution in [0.15, 0.2) is 42.5 Å². The van der Waals surface area contributed by atoms with Crippen LogP contribution in [0.3, 0.4) is 0 Å². The molecule has 0 amide bonds. The van der Waals surface area contributed by atoms with Crippen LogP contribution in [0.4, 0.5) is 0 Å². The molecule has 0 radical (unpaired) electrons. The molecular formula is C22H31BN2O4. The van der Waals surface area contributed by atoms with Crippen molar-refractivity contribution in [2.24, 2.45) is 0 Å². The maximum atomic E-state index is 9.20. The van der Waals surface area contributed by atoms with Crippen molar-refractivity contribution < 1.29 is 19.5 Å². The Labute approximate surface area is 174 Å². The minimum atomic E-state index is -1.45. The van der Waals surface area contributed by atoms with Crippen molar-refractivity contribution in [1.29, 1.82) is 0 Å². The third-order valence-electron chi connectivity index (χ3n) is 4.22. The predicted octanol–water partition coefficient (Wildman–Crippen LogP) is 1.42. The van der Waals surface area contributed by atoms with Gasteiger partial charge in [0.1, 0.15) is 24.7 Å². The largest absolute Gasteiger partial charge is 0.492 e. The Morgan fingerprint density at radius 1 is 0.759 bits per heavy atom. The first-order chi connectivity index (χ1) is 13.8. The molecule has 2 rings (SSSR count). The third kappa shape index (κ3) is 8.70. The van der Waals surface area contributed by atoms with Gasteiger partial charge in [0.15, 0.2) is 0 Å². The summed E-state index contributed by atoms with van der Waals surface area (Å²) in [5, 5.41) is 18.4. The second-order valence-corrected chi connectivity index (χ2v) is 7.41. The lowest BCUT2D eigenvalue weighted by Gasteiger charge is -2.14. The molecule has 0 saturated carbocycles. The van der Waals surface area contributed by atoms with Crippen molar-refractivity contribution >= 4 is 24.7 Å². The maximum Gasteiger partial charge on any atom is 0.488 e. The Balaban J connectivity index is 2.14. The summed E-state index contributed by atoms with van der Waals surface area (Å²) in [6.07, 6.45) is 3.96. The van der Waals surface area contributed by atoms with Crippen LogP contribution in [0, 0.1) is 0 Å². The first-order valence-electron chi connectivity index (χ1n) is 9.68. The molecule has 0 bridgehead atoms. The summed E-state index contributed by atoms with van der Waals surface area (Å²) in [6.45, 7) is 2.87. The van der Waals surface area contributed by atoms with Gasteiger partial charge in [-0.3, -0.25) is 0 Å². The quantitative estimate of drug-likeness (QED) is 0.441. The molecule has 0 aliphatic rings. The Hall–Kier alpha value is -2.32. The zero-order chi connectivity index (χ0) is 21.2. The van der Waals surface area contributed by atoms with Gasteiger partial charge in [0.25, 0.3) is 0 Å². The van der Waals surface area contributed by atoms with Crippen LogP contribution in [0.5, 0.6) is 11.5 Å². The topological polar surface area (TPSA) is 65.4 Å². The molecule has 2 N–H and O–H groups in total. The van der Waals surface area contributed by atoms with Crippen molar-refractivity contribution in [3.05, 3.63) is 53.6 Å². The normalized spacial score (nSPS) is 11.4. The second-order valence-electron chi connectivity index (χ2n) is 7.41. The van der Waals surface area contributed by atoms with Gasteiger partial charge in [-0.25, -0.2) is 0 Å². The molecule has 0 spiro atoms. The zero-order valence-electron chi connectivity index (χ0n) is 17.7. The van der Waals surface area contributed by atoms with E-state index in [-0.39, 0.29) is 0 Å². The lowest BCUT2D eigenvalue weighted by Crippen LogP contribution is -2.29. The molecule has 0 aliphatic carbocycles. The number of benzene rings is 2. The van der Waals surface area contributed by atoms with Gasteiger partial charge in [0.05, 0.1) is 0 Å². The minimum absolute atomic E-state index is 0.468. The van der Waals surface area contributed by atoms with E-state index >= 15 is 0 Å². The van der Waals surface area contributed by atoms with Crippen LogP contribution in [-0.2, 0) is 0 Å². The summed E-state index contributed by atoms with van der Waals surface area (Å²) in [7, 11) is 6.60. The van der Waals surface area contributed by atoms with Crippen LogP contribution >= 0.6 is 0 Å². The molecular weight excluding hydrogens is 367 g/mol. The van der Waals surface area contributed by atoms with Crippen molar-refractivity contribution in [3.8, 4) is 11.5 Å². The molecule has 7 heteroatoms. The van der Waals surface area contributed by atoms with Crippen LogP contribution in [0.1, 0.15) is 11.1 Å². The zero-order valence-corrected chi connectivity index (χ0v) is 17.7. The Kier molecular flexibility index (Phi) is 9.21. The molecule has 0 aromatic heterocycles. The highest BCUT2D eigenvalue weighted by atomic mass is 16.5. The standard InChI is InChI=1S/C22H31BN2O4/c1-24(2)11-13-28-21-15-19(16-22(17-21)29-14-12-25(3)4)6-5-18-7-9-20(10-8-18)23(26)27/h5-10,15-17,26-27H,11-14H2,1-4H3. The average Bonchev–Trinajstić information content (AvgIpc) is 2.66. The fraction of sp³-hybridized carbons (Fsp3) is 0.364. The van der Waals surface area contributed by atoms with Gasteiger partial charge < -0.3 is 29.3 Å². The lowest BCUT2D eigenvalue weighted by atomic mass is 9.80. The number of rotatable bonds is 11. The van der Waals surface area contributed by atoms with Gasteiger partial charge >= 0.3 is 7.12 Å². The third-order valence-corrected chi connectivity index (χ3v) is 4.22. The van der Waals surface area contributed by atoms with Gasteiger partial charge in [0.2, 0.25) is 0 Å². The SMILES string of the molecule is CN(C)CCOc1cc(C=Cc2ccc(B(O)O)cc2)cc(OCCN(C)C)c1. The Morgan fingerprint density at radius 2 is 1.24 bits per heavy atom. The van der Waals surface area contributed by atoms with Gasteiger partial charge in [-0.15, -0.1) is 0 Å². The number of ether oxygens (including phenoxy) is 2. The van der Waals surface area contributed by atoms with Crippen LogP contribution in [0.25, 0.3) is 12.2 Å². The molecule has 0 fully saturated rings. The van der Waals surface area contributed by atoms with Crippen LogP contribution in [0.2, 0.25) is 0 Å². The summed E-state index contributed by atoms with van der Waals surface area (Å²) in [5.74, 6) is 1.54. The Bertz CT molecular complexity index is 745. The summed E-state index contributed by atoms with van der Waals surface area (Å²) in [4.78, 5) is 4.15. The number of hydrogen-bond acceptors (Lipinski definition) is 6.